The molecule has 0 saturated carbocycles. The quantitative estimate of drug-likeness (QED) is 0.738. The van der Waals surface area contributed by atoms with Crippen molar-refractivity contribution in [1.29, 1.82) is 0 Å². The fourth-order valence-corrected chi connectivity index (χ4v) is 2.94. The highest BCUT2D eigenvalue weighted by Crippen LogP contribution is 2.18. The van der Waals surface area contributed by atoms with E-state index in [0.29, 0.717) is 11.6 Å². The molecule has 27 heavy (non-hydrogen) atoms. The molecular formula is C22H27ClN2O2. The summed E-state index contributed by atoms with van der Waals surface area (Å²) in [6.45, 7) is 6.11. The van der Waals surface area contributed by atoms with Crippen LogP contribution in [-0.2, 0) is 22.6 Å². The summed E-state index contributed by atoms with van der Waals surface area (Å²) < 4.78 is 0. The van der Waals surface area contributed by atoms with Crippen LogP contribution in [0, 0.1) is 0 Å². The lowest BCUT2D eigenvalue weighted by atomic mass is 10.1. The minimum absolute atomic E-state index is 0.0668. The predicted octanol–water partition coefficient (Wildman–Crippen LogP) is 4.21. The van der Waals surface area contributed by atoms with Crippen LogP contribution < -0.4 is 5.32 Å². The number of carbonyl (C=O) groups excluding carboxylic acids is 2. The Labute approximate surface area is 166 Å². The molecule has 2 aromatic rings. The van der Waals surface area contributed by atoms with Crippen LogP contribution in [-0.4, -0.2) is 28.8 Å². The molecule has 0 aliphatic heterocycles. The first kappa shape index (κ1) is 21.0. The van der Waals surface area contributed by atoms with Gasteiger partial charge in [0.1, 0.15) is 6.04 Å². The van der Waals surface area contributed by atoms with E-state index in [2.05, 4.69) is 5.32 Å². The third kappa shape index (κ3) is 6.10. The molecule has 5 heteroatoms. The van der Waals surface area contributed by atoms with Crippen LogP contribution in [0.25, 0.3) is 0 Å². The zero-order chi connectivity index (χ0) is 19.8. The number of halogens is 1. The van der Waals surface area contributed by atoms with Crippen molar-refractivity contribution < 1.29 is 9.59 Å². The van der Waals surface area contributed by atoms with Crippen LogP contribution in [0.3, 0.4) is 0 Å². The lowest BCUT2D eigenvalue weighted by molar-refractivity contribution is -0.140. The minimum Gasteiger partial charge on any atom is -0.352 e. The summed E-state index contributed by atoms with van der Waals surface area (Å²) >= 11 is 6.21. The average Bonchev–Trinajstić information content (AvgIpc) is 2.67. The Morgan fingerprint density at radius 3 is 2.30 bits per heavy atom. The van der Waals surface area contributed by atoms with Crippen molar-refractivity contribution in [1.82, 2.24) is 10.2 Å². The van der Waals surface area contributed by atoms with Gasteiger partial charge in [-0.15, -0.1) is 0 Å². The zero-order valence-corrected chi connectivity index (χ0v) is 16.9. The summed E-state index contributed by atoms with van der Waals surface area (Å²) in [5.74, 6) is -0.272. The van der Waals surface area contributed by atoms with Gasteiger partial charge in [0.05, 0.1) is 6.42 Å². The molecule has 0 spiro atoms. The van der Waals surface area contributed by atoms with Gasteiger partial charge in [-0.05, 0) is 37.5 Å². The summed E-state index contributed by atoms with van der Waals surface area (Å²) in [5.41, 5.74) is 1.74. The first-order chi connectivity index (χ1) is 12.9. The van der Waals surface area contributed by atoms with Gasteiger partial charge >= 0.3 is 0 Å². The summed E-state index contributed by atoms with van der Waals surface area (Å²) in [7, 11) is 0. The molecule has 4 nitrogen and oxygen atoms in total. The molecule has 0 aliphatic rings. The standard InChI is InChI=1S/C22H27ClN2O2/c1-4-16(2)24-22(27)17(3)25(15-18-10-6-5-7-11-18)21(26)14-19-12-8-9-13-20(19)23/h5-13,16-17H,4,14-15H2,1-3H3,(H,24,27)/t16-,17-/m0/s1. The minimum atomic E-state index is -0.575. The Kier molecular flexibility index (Phi) is 7.86. The van der Waals surface area contributed by atoms with E-state index in [-0.39, 0.29) is 24.3 Å². The first-order valence-electron chi connectivity index (χ1n) is 9.29. The number of carbonyl (C=O) groups is 2. The van der Waals surface area contributed by atoms with Crippen LogP contribution in [0.15, 0.2) is 54.6 Å². The highest BCUT2D eigenvalue weighted by atomic mass is 35.5. The number of benzene rings is 2. The number of rotatable bonds is 8. The van der Waals surface area contributed by atoms with Crippen molar-refractivity contribution in [3.05, 3.63) is 70.7 Å². The molecule has 0 unspecified atom stereocenters. The summed E-state index contributed by atoms with van der Waals surface area (Å²) in [6, 6.07) is 16.5. The van der Waals surface area contributed by atoms with Gasteiger partial charge in [-0.1, -0.05) is 67.1 Å². The number of nitrogens with zero attached hydrogens (tertiary/aromatic N) is 1. The summed E-state index contributed by atoms with van der Waals surface area (Å²) in [4.78, 5) is 27.3. The molecule has 0 saturated heterocycles. The monoisotopic (exact) mass is 386 g/mol. The maximum Gasteiger partial charge on any atom is 0.242 e. The smallest absolute Gasteiger partial charge is 0.242 e. The van der Waals surface area contributed by atoms with E-state index in [0.717, 1.165) is 17.5 Å². The molecule has 0 radical (unpaired) electrons. The highest BCUT2D eigenvalue weighted by molar-refractivity contribution is 6.31. The van der Waals surface area contributed by atoms with Crippen LogP contribution in [0.5, 0.6) is 0 Å². The van der Waals surface area contributed by atoms with Gasteiger partial charge in [0.15, 0.2) is 0 Å². The molecule has 0 bridgehead atoms. The van der Waals surface area contributed by atoms with Crippen LogP contribution in [0.4, 0.5) is 0 Å². The van der Waals surface area contributed by atoms with Gasteiger partial charge in [0, 0.05) is 17.6 Å². The van der Waals surface area contributed by atoms with E-state index in [1.54, 1.807) is 17.9 Å². The molecular weight excluding hydrogens is 360 g/mol. The summed E-state index contributed by atoms with van der Waals surface area (Å²) in [5, 5.41) is 3.52. The second kappa shape index (κ2) is 10.1. The molecule has 2 amide bonds. The number of nitrogens with one attached hydrogen (secondary N) is 1. The van der Waals surface area contributed by atoms with Crippen molar-refractivity contribution >= 4 is 23.4 Å². The Morgan fingerprint density at radius 2 is 1.67 bits per heavy atom. The second-order valence-electron chi connectivity index (χ2n) is 6.77. The number of amides is 2. The molecule has 0 fully saturated rings. The molecule has 2 rings (SSSR count). The summed E-state index contributed by atoms with van der Waals surface area (Å²) in [6.07, 6.45) is 0.998. The maximum absolute atomic E-state index is 13.1. The van der Waals surface area contributed by atoms with Crippen LogP contribution in [0.2, 0.25) is 5.02 Å². The van der Waals surface area contributed by atoms with Crippen molar-refractivity contribution in [2.75, 3.05) is 0 Å². The molecule has 1 N–H and O–H groups in total. The molecule has 2 atom stereocenters. The van der Waals surface area contributed by atoms with Gasteiger partial charge in [0.2, 0.25) is 11.8 Å². The van der Waals surface area contributed by atoms with Crippen LogP contribution >= 0.6 is 11.6 Å². The number of hydrogen-bond donors (Lipinski definition) is 1. The van der Waals surface area contributed by atoms with E-state index in [4.69, 9.17) is 11.6 Å². The fraction of sp³-hybridized carbons (Fsp3) is 0.364. The van der Waals surface area contributed by atoms with Gasteiger partial charge in [0.25, 0.3) is 0 Å². The topological polar surface area (TPSA) is 49.4 Å². The predicted molar refractivity (Wildman–Crippen MR) is 110 cm³/mol. The fourth-order valence-electron chi connectivity index (χ4n) is 2.73. The molecule has 0 aromatic heterocycles. The average molecular weight is 387 g/mol. The Balaban J connectivity index is 2.21. The maximum atomic E-state index is 13.1. The molecule has 2 aromatic carbocycles. The SMILES string of the molecule is CC[C@H](C)NC(=O)[C@H](C)N(Cc1ccccc1)C(=O)Cc1ccccc1Cl. The Hall–Kier alpha value is -2.33. The van der Waals surface area contributed by atoms with Crippen molar-refractivity contribution in [2.45, 2.75) is 52.2 Å². The Morgan fingerprint density at radius 1 is 1.04 bits per heavy atom. The normalized spacial score (nSPS) is 12.9. The van der Waals surface area contributed by atoms with Gasteiger partial charge in [-0.2, -0.15) is 0 Å². The lowest BCUT2D eigenvalue weighted by Crippen LogP contribution is -2.49. The highest BCUT2D eigenvalue weighted by Gasteiger charge is 2.27. The van der Waals surface area contributed by atoms with E-state index in [1.165, 1.54) is 0 Å². The molecule has 0 heterocycles. The van der Waals surface area contributed by atoms with E-state index in [1.807, 2.05) is 62.4 Å². The third-order valence-corrected chi connectivity index (χ3v) is 5.03. The van der Waals surface area contributed by atoms with Gasteiger partial charge in [-0.3, -0.25) is 9.59 Å². The van der Waals surface area contributed by atoms with Crippen molar-refractivity contribution in [3.8, 4) is 0 Å². The van der Waals surface area contributed by atoms with Gasteiger partial charge < -0.3 is 10.2 Å². The van der Waals surface area contributed by atoms with E-state index >= 15 is 0 Å². The first-order valence-corrected chi connectivity index (χ1v) is 9.67. The molecule has 0 aliphatic carbocycles. The zero-order valence-electron chi connectivity index (χ0n) is 16.1. The Bertz CT molecular complexity index is 764. The lowest BCUT2D eigenvalue weighted by Gasteiger charge is -2.30. The third-order valence-electron chi connectivity index (χ3n) is 4.66. The number of hydrogen-bond acceptors (Lipinski definition) is 2. The molecule has 144 valence electrons. The van der Waals surface area contributed by atoms with Crippen molar-refractivity contribution in [3.63, 3.8) is 0 Å². The van der Waals surface area contributed by atoms with Crippen molar-refractivity contribution in [2.24, 2.45) is 0 Å². The second-order valence-corrected chi connectivity index (χ2v) is 7.18. The largest absolute Gasteiger partial charge is 0.352 e. The van der Waals surface area contributed by atoms with E-state index in [9.17, 15) is 9.59 Å². The van der Waals surface area contributed by atoms with Crippen LogP contribution in [0.1, 0.15) is 38.3 Å². The van der Waals surface area contributed by atoms with E-state index < -0.39 is 6.04 Å². The van der Waals surface area contributed by atoms with Gasteiger partial charge in [-0.25, -0.2) is 0 Å².